The Bertz CT molecular complexity index is 4050. The number of hydrogen-bond donors (Lipinski definition) is 5. The number of azide groups is 1. The first-order valence-electron chi connectivity index (χ1n) is 25.6. The minimum atomic E-state index is -0.154. The van der Waals surface area contributed by atoms with Crippen molar-refractivity contribution in [3.8, 4) is 22.3 Å². The Kier molecular flexibility index (Phi) is 28.8. The van der Waals surface area contributed by atoms with Crippen LogP contribution in [0.5, 0.6) is 0 Å². The van der Waals surface area contributed by atoms with Crippen LogP contribution < -0.4 is 16.0 Å². The van der Waals surface area contributed by atoms with Gasteiger partial charge in [-0.3, -0.25) is 44.7 Å². The first kappa shape index (κ1) is 69.3. The molecule has 0 bridgehead atoms. The molecule has 0 spiro atoms. The smallest absolute Gasteiger partial charge is 0.261 e. The first-order chi connectivity index (χ1) is 42.4. The van der Waals surface area contributed by atoms with Crippen LogP contribution in [-0.4, -0.2) is 72.6 Å². The number of nitrogens with one attached hydrogen (secondary N) is 4. The molecule has 0 atom stereocenters. The summed E-state index contributed by atoms with van der Waals surface area (Å²) in [4.78, 5) is 65.8. The molecule has 0 unspecified atom stereocenters. The van der Waals surface area contributed by atoms with Gasteiger partial charge in [-0.25, -0.2) is 4.85 Å². The molecule has 0 aliphatic rings. The molecular weight excluding hydrogens is 1440 g/mol. The summed E-state index contributed by atoms with van der Waals surface area (Å²) < 4.78 is 4.47. The highest BCUT2D eigenvalue weighted by molar-refractivity contribution is 9.11. The molecule has 5 N–H and O–H groups in total. The van der Waals surface area contributed by atoms with Crippen molar-refractivity contribution in [2.45, 2.75) is 32.8 Å². The molecule has 8 heterocycles. The molecule has 2 aromatic carbocycles. The highest BCUT2D eigenvalue weighted by atomic mass is 79.9. The minimum absolute atomic E-state index is 0.0481. The van der Waals surface area contributed by atoms with E-state index in [1.165, 1.54) is 34.0 Å². The van der Waals surface area contributed by atoms with E-state index in [1.807, 2.05) is 80.8 Å². The Labute approximate surface area is 559 Å². The van der Waals surface area contributed by atoms with Gasteiger partial charge in [0.15, 0.2) is 5.69 Å². The number of amides is 3. The summed E-state index contributed by atoms with van der Waals surface area (Å²) in [5, 5.41) is 28.6. The van der Waals surface area contributed by atoms with Gasteiger partial charge >= 0.3 is 0 Å². The number of aliphatic hydroxyl groups is 1. The third-order valence-corrected chi connectivity index (χ3v) is 16.4. The zero-order valence-electron chi connectivity index (χ0n) is 46.4. The molecule has 8 aromatic heterocycles. The standard InChI is InChI=1S/C20H19ClN4OS.C18H12ClN3OS.C11H8BrClN2OS.C6H5BrN4.C6H6BrNO/c1-25(2)19(22)15-5-3-14(4-6-15)16-9-13(10-23-12-16)11-24-20(26)17-7-8-18(21)27-17;1-20-15-4-2-13(3-5-15)14-8-12(9-21-11-14)10-22-18(23)16-6-7-17(19)24-16;12-8-3-7(4-14-6-8)5-15-11(16)9-1-2-10(13)17-9;7-6-1-5(2-9-4-6)3-10-11-8;7-6-1-5(4-9)2-8-3-6/h3-10,12,22H,11H2,1-2H3,(H,24,26);2-9,11H,10H2,(H,22,23);1-4,6H,5H2,(H,15,16);1-2,4H,3H2;1-3,9H,4H2. The van der Waals surface area contributed by atoms with Crippen molar-refractivity contribution in [3.05, 3.63) is 274 Å². The second-order valence-corrected chi connectivity index (χ2v) is 26.0. The number of rotatable bonds is 15. The van der Waals surface area contributed by atoms with Gasteiger partial charge in [0.05, 0.1) is 47.4 Å². The SMILES string of the molecule is CN(C)C(=N)c1ccc(-c2cncc(CNC(=O)c3ccc(Cl)s3)c2)cc1.O=C(NCc1cncc(Br)c1)c1ccc(Cl)s1.OCc1cncc(Br)c1.[C-]#[N+]c1ccc(-c2cncc(CNC(=O)c3ccc(Cl)s3)c2)cc1.[N-]=[N+]=NCc1cncc(Br)c1. The lowest BCUT2D eigenvalue weighted by Crippen LogP contribution is -2.21. The van der Waals surface area contributed by atoms with Crippen LogP contribution in [0.3, 0.4) is 0 Å². The minimum Gasteiger partial charge on any atom is -0.392 e. The van der Waals surface area contributed by atoms with Gasteiger partial charge < -0.3 is 26.0 Å². The topological polar surface area (TPSA) is 252 Å². The number of halogens is 6. The van der Waals surface area contributed by atoms with Crippen LogP contribution in [0.4, 0.5) is 5.69 Å². The van der Waals surface area contributed by atoms with Crippen LogP contribution in [-0.2, 0) is 32.8 Å². The Balaban J connectivity index is 0.000000185. The first-order valence-corrected chi connectivity index (χ1v) is 31.6. The fraction of sp³-hybridized carbons (Fsp3) is 0.115. The number of aromatic nitrogens is 5. The molecular formula is C61H50Br3Cl3N14O4S3. The quantitative estimate of drug-likeness (QED) is 0.0162. The maximum Gasteiger partial charge on any atom is 0.261 e. The fourth-order valence-electron chi connectivity index (χ4n) is 7.16. The number of amidine groups is 1. The van der Waals surface area contributed by atoms with Gasteiger partial charge in [-0.05, 0) is 159 Å². The van der Waals surface area contributed by atoms with E-state index in [2.05, 4.69) is 104 Å². The molecule has 448 valence electrons. The van der Waals surface area contributed by atoms with Crippen LogP contribution in [0, 0.1) is 12.0 Å². The molecule has 27 heteroatoms. The predicted octanol–water partition coefficient (Wildman–Crippen LogP) is 16.7. The number of pyridine rings is 5. The summed E-state index contributed by atoms with van der Waals surface area (Å²) in [7, 11) is 3.70. The summed E-state index contributed by atoms with van der Waals surface area (Å²) in [5.41, 5.74) is 17.9. The Hall–Kier alpha value is -7.76. The van der Waals surface area contributed by atoms with Crippen LogP contribution in [0.1, 0.15) is 62.4 Å². The van der Waals surface area contributed by atoms with Gasteiger partial charge in [0, 0.05) is 131 Å². The van der Waals surface area contributed by atoms with Gasteiger partial charge in [0.2, 0.25) is 0 Å². The average molecular weight is 1490 g/mol. The van der Waals surface area contributed by atoms with Crippen LogP contribution in [0.2, 0.25) is 13.0 Å². The van der Waals surface area contributed by atoms with E-state index in [-0.39, 0.29) is 24.3 Å². The van der Waals surface area contributed by atoms with Crippen molar-refractivity contribution in [1.29, 1.82) is 5.41 Å². The summed E-state index contributed by atoms with van der Waals surface area (Å²) in [6, 6.07) is 34.9. The van der Waals surface area contributed by atoms with Crippen molar-refractivity contribution in [2.24, 2.45) is 5.11 Å². The van der Waals surface area contributed by atoms with E-state index in [1.54, 1.807) is 115 Å². The summed E-state index contributed by atoms with van der Waals surface area (Å²) >= 11 is 31.1. The van der Waals surface area contributed by atoms with E-state index in [9.17, 15) is 14.4 Å². The Morgan fingerprint density at radius 2 is 0.909 bits per heavy atom. The van der Waals surface area contributed by atoms with Gasteiger partial charge in [-0.1, -0.05) is 88.4 Å². The van der Waals surface area contributed by atoms with Crippen molar-refractivity contribution in [1.82, 2.24) is 45.8 Å². The molecule has 0 saturated heterocycles. The largest absolute Gasteiger partial charge is 0.392 e. The van der Waals surface area contributed by atoms with Crippen molar-refractivity contribution < 1.29 is 19.5 Å². The maximum atomic E-state index is 12.1. The third-order valence-electron chi connectivity index (χ3n) is 11.4. The Morgan fingerprint density at radius 3 is 1.26 bits per heavy atom. The van der Waals surface area contributed by atoms with Gasteiger partial charge in [-0.2, -0.15) is 0 Å². The molecule has 10 rings (SSSR count). The molecule has 18 nitrogen and oxygen atoms in total. The van der Waals surface area contributed by atoms with E-state index in [0.29, 0.717) is 65.3 Å². The van der Waals surface area contributed by atoms with Gasteiger partial charge in [0.1, 0.15) is 5.84 Å². The number of hydrogen-bond acceptors (Lipinski definition) is 14. The second kappa shape index (κ2) is 36.5. The molecule has 0 aliphatic carbocycles. The summed E-state index contributed by atoms with van der Waals surface area (Å²) in [5.74, 6) is 0.0364. The van der Waals surface area contributed by atoms with Crippen molar-refractivity contribution in [2.75, 3.05) is 14.1 Å². The summed E-state index contributed by atoms with van der Waals surface area (Å²) in [6.45, 7) is 8.60. The molecule has 0 radical (unpaired) electrons. The van der Waals surface area contributed by atoms with E-state index in [4.69, 9.17) is 57.4 Å². The molecule has 0 aliphatic heterocycles. The molecule has 3 amide bonds. The third kappa shape index (κ3) is 23.7. The number of carbonyl (C=O) groups is 3. The van der Waals surface area contributed by atoms with E-state index >= 15 is 0 Å². The van der Waals surface area contributed by atoms with Crippen LogP contribution in [0.15, 0.2) is 196 Å². The Morgan fingerprint density at radius 1 is 0.545 bits per heavy atom. The monoisotopic (exact) mass is 1480 g/mol. The molecule has 10 aromatic rings. The number of thiophene rings is 3. The zero-order valence-corrected chi connectivity index (χ0v) is 55.9. The van der Waals surface area contributed by atoms with Gasteiger partial charge in [-0.15, -0.1) is 34.0 Å². The van der Waals surface area contributed by atoms with E-state index in [0.717, 1.165) is 69.1 Å². The molecule has 0 fully saturated rings. The maximum absolute atomic E-state index is 12.1. The van der Waals surface area contributed by atoms with Crippen LogP contribution >= 0.6 is 117 Å². The van der Waals surface area contributed by atoms with E-state index < -0.39 is 0 Å². The highest BCUT2D eigenvalue weighted by Crippen LogP contribution is 2.26. The molecule has 88 heavy (non-hydrogen) atoms. The van der Waals surface area contributed by atoms with Gasteiger partial charge in [0.25, 0.3) is 17.7 Å². The lowest BCUT2D eigenvalue weighted by Gasteiger charge is -2.14. The lowest BCUT2D eigenvalue weighted by atomic mass is 10.0. The number of benzene rings is 2. The normalized spacial score (nSPS) is 10.0. The highest BCUT2D eigenvalue weighted by Gasteiger charge is 2.12. The van der Waals surface area contributed by atoms with Crippen molar-refractivity contribution >= 4 is 146 Å². The lowest BCUT2D eigenvalue weighted by molar-refractivity contribution is 0.0947. The summed E-state index contributed by atoms with van der Waals surface area (Å²) in [6.07, 6.45) is 17.1. The van der Waals surface area contributed by atoms with Crippen LogP contribution in [0.25, 0.3) is 37.5 Å². The average Bonchev–Trinajstić information content (AvgIpc) is 4.47. The second-order valence-electron chi connectivity index (χ2n) is 18.1. The fourth-order valence-corrected chi connectivity index (χ4v) is 11.3. The number of nitrogens with zero attached hydrogens (tertiary/aromatic N) is 10. The number of carbonyl (C=O) groups excluding carboxylic acids is 3. The van der Waals surface area contributed by atoms with Crippen molar-refractivity contribution in [3.63, 3.8) is 0 Å². The number of aliphatic hydroxyl groups excluding tert-OH is 1. The zero-order chi connectivity index (χ0) is 63.4. The predicted molar refractivity (Wildman–Crippen MR) is 362 cm³/mol. The molecule has 0 saturated carbocycles.